The van der Waals surface area contributed by atoms with Gasteiger partial charge < -0.3 is 23.8 Å². The number of hydrogen-bond acceptors (Lipinski definition) is 7. The number of carboxylic acid groups (broad SMARTS) is 1. The van der Waals surface area contributed by atoms with Crippen LogP contribution in [0.4, 0.5) is 0 Å². The number of ether oxygens (including phenoxy) is 3. The van der Waals surface area contributed by atoms with E-state index < -0.39 is 11.9 Å². The highest BCUT2D eigenvalue weighted by Gasteiger charge is 2.51. The van der Waals surface area contributed by atoms with Crippen molar-refractivity contribution >= 4 is 23.9 Å². The average Bonchev–Trinajstić information content (AvgIpc) is 2.99. The molecule has 2 aliphatic rings. The Morgan fingerprint density at radius 3 is 2.11 bits per heavy atom. The third kappa shape index (κ3) is 7.06. The number of benzene rings is 1. The molecule has 2 saturated heterocycles. The third-order valence-electron chi connectivity index (χ3n) is 7.55. The van der Waals surface area contributed by atoms with E-state index in [1.54, 1.807) is 26.0 Å². The number of carboxylic acids is 1. The summed E-state index contributed by atoms with van der Waals surface area (Å²) in [6, 6.07) is 6.20. The van der Waals surface area contributed by atoms with Crippen molar-refractivity contribution in [1.82, 2.24) is 0 Å². The summed E-state index contributed by atoms with van der Waals surface area (Å²) in [5, 5.41) is 8.77. The minimum absolute atomic E-state index is 0.0840. The molecule has 1 aromatic rings. The van der Waals surface area contributed by atoms with E-state index >= 15 is 0 Å². The van der Waals surface area contributed by atoms with Crippen molar-refractivity contribution in [2.75, 3.05) is 13.6 Å². The van der Waals surface area contributed by atoms with Gasteiger partial charge in [0.25, 0.3) is 0 Å². The van der Waals surface area contributed by atoms with Gasteiger partial charge in [-0.15, -0.1) is 0 Å². The van der Waals surface area contributed by atoms with Crippen LogP contribution in [0.3, 0.4) is 0 Å². The Labute approximate surface area is 212 Å². The van der Waals surface area contributed by atoms with Crippen LogP contribution in [0.5, 0.6) is 11.5 Å². The van der Waals surface area contributed by atoms with Crippen LogP contribution in [-0.2, 0) is 30.3 Å². The standard InChI is InChI=1S/C27H37NO8/c1-4-25(31)35-22-11-8-18(15-23(22)36-26(32)5-2)7-6-14-28(3)19-9-10-20(28)17-21(16-19)34-27(33)13-12-24(29)30/h8,11,15,19-21H,4-7,9-10,12-14,16-17H2,1-3H3/p+1. The van der Waals surface area contributed by atoms with Crippen LogP contribution in [0.25, 0.3) is 0 Å². The van der Waals surface area contributed by atoms with Crippen molar-refractivity contribution < 1.29 is 43.0 Å². The molecule has 9 heteroatoms. The first-order chi connectivity index (χ1) is 17.1. The summed E-state index contributed by atoms with van der Waals surface area (Å²) in [6.45, 7) is 4.39. The van der Waals surface area contributed by atoms with Gasteiger partial charge in [0.1, 0.15) is 6.10 Å². The monoisotopic (exact) mass is 504 g/mol. The normalized spacial score (nSPS) is 24.7. The second-order valence-corrected chi connectivity index (χ2v) is 9.97. The Morgan fingerprint density at radius 1 is 0.917 bits per heavy atom. The summed E-state index contributed by atoms with van der Waals surface area (Å²) in [5.41, 5.74) is 1.01. The molecule has 2 fully saturated rings. The number of nitrogens with zero attached hydrogens (tertiary/aromatic N) is 1. The highest BCUT2D eigenvalue weighted by atomic mass is 16.6. The minimum atomic E-state index is -0.993. The molecule has 9 nitrogen and oxygen atoms in total. The van der Waals surface area contributed by atoms with Crippen LogP contribution >= 0.6 is 0 Å². The molecule has 1 N–H and O–H groups in total. The molecule has 0 spiro atoms. The number of carbonyl (C=O) groups is 4. The number of aliphatic carboxylic acids is 1. The Hall–Kier alpha value is -2.94. The molecule has 2 atom stereocenters. The quantitative estimate of drug-likeness (QED) is 0.260. The lowest BCUT2D eigenvalue weighted by Gasteiger charge is -2.47. The Kier molecular flexibility index (Phi) is 9.48. The first kappa shape index (κ1) is 27.6. The van der Waals surface area contributed by atoms with Crippen molar-refractivity contribution in [3.05, 3.63) is 23.8 Å². The lowest BCUT2D eigenvalue weighted by molar-refractivity contribution is -0.949. The number of quaternary nitrogens is 1. The van der Waals surface area contributed by atoms with Crippen LogP contribution in [0, 0.1) is 0 Å². The first-order valence-electron chi connectivity index (χ1n) is 12.9. The van der Waals surface area contributed by atoms with E-state index in [9.17, 15) is 19.2 Å². The van der Waals surface area contributed by atoms with Gasteiger partial charge in [-0.05, 0) is 24.1 Å². The van der Waals surface area contributed by atoms with Crippen LogP contribution < -0.4 is 9.47 Å². The summed E-state index contributed by atoms with van der Waals surface area (Å²) in [6.07, 6.45) is 5.56. The predicted octanol–water partition coefficient (Wildman–Crippen LogP) is 3.80. The molecular formula is C27H38NO8+. The van der Waals surface area contributed by atoms with E-state index in [4.69, 9.17) is 19.3 Å². The van der Waals surface area contributed by atoms with Crippen molar-refractivity contribution in [3.8, 4) is 11.5 Å². The number of piperidine rings is 1. The number of carbonyl (C=O) groups excluding carboxylic acids is 3. The lowest BCUT2D eigenvalue weighted by Crippen LogP contribution is -2.59. The fraction of sp³-hybridized carbons (Fsp3) is 0.630. The highest BCUT2D eigenvalue weighted by molar-refractivity contribution is 5.77. The largest absolute Gasteiger partial charge is 0.481 e. The molecule has 2 heterocycles. The van der Waals surface area contributed by atoms with Crippen molar-refractivity contribution in [1.29, 1.82) is 0 Å². The van der Waals surface area contributed by atoms with E-state index in [0.717, 1.165) is 55.1 Å². The van der Waals surface area contributed by atoms with Crippen LogP contribution in [0.15, 0.2) is 18.2 Å². The second-order valence-electron chi connectivity index (χ2n) is 9.97. The Balaban J connectivity index is 1.57. The van der Waals surface area contributed by atoms with Gasteiger partial charge in [-0.3, -0.25) is 19.2 Å². The SMILES string of the molecule is CCC(=O)Oc1ccc(CCC[N+]2(C)C3CCC2CC(OC(=O)CCC(=O)O)C3)cc1OC(=O)CC. The first-order valence-corrected chi connectivity index (χ1v) is 12.9. The summed E-state index contributed by atoms with van der Waals surface area (Å²) >= 11 is 0. The van der Waals surface area contributed by atoms with Crippen LogP contribution in [-0.4, -0.2) is 65.2 Å². The zero-order valence-corrected chi connectivity index (χ0v) is 21.5. The molecule has 0 saturated carbocycles. The highest BCUT2D eigenvalue weighted by Crippen LogP contribution is 2.42. The molecule has 36 heavy (non-hydrogen) atoms. The molecule has 1 aromatic carbocycles. The maximum absolute atomic E-state index is 12.0. The summed E-state index contributed by atoms with van der Waals surface area (Å²) < 4.78 is 17.3. The van der Waals surface area contributed by atoms with Crippen LogP contribution in [0.2, 0.25) is 0 Å². The lowest BCUT2D eigenvalue weighted by atomic mass is 9.95. The molecule has 0 aliphatic carbocycles. The van der Waals surface area contributed by atoms with E-state index in [1.165, 1.54) is 0 Å². The molecule has 2 aliphatic heterocycles. The molecule has 0 aromatic heterocycles. The molecule has 2 bridgehead atoms. The van der Waals surface area contributed by atoms with Crippen molar-refractivity contribution in [2.45, 2.75) is 96.2 Å². The van der Waals surface area contributed by atoms with Crippen LogP contribution in [0.1, 0.15) is 77.2 Å². The average molecular weight is 505 g/mol. The number of esters is 3. The molecular weight excluding hydrogens is 466 g/mol. The maximum Gasteiger partial charge on any atom is 0.311 e. The molecule has 0 radical (unpaired) electrons. The number of aryl methyl sites for hydroxylation is 1. The zero-order chi connectivity index (χ0) is 26.3. The summed E-state index contributed by atoms with van der Waals surface area (Å²) in [7, 11) is 2.28. The fourth-order valence-electron chi connectivity index (χ4n) is 5.49. The second kappa shape index (κ2) is 12.3. The molecule has 3 rings (SSSR count). The smallest absolute Gasteiger partial charge is 0.311 e. The van der Waals surface area contributed by atoms with E-state index in [0.29, 0.717) is 12.1 Å². The van der Waals surface area contributed by atoms with Gasteiger partial charge in [-0.1, -0.05) is 19.9 Å². The number of fused-ring (bicyclic) bond motifs is 2. The number of hydrogen-bond donors (Lipinski definition) is 1. The number of rotatable bonds is 12. The van der Waals surface area contributed by atoms with Gasteiger partial charge in [0.15, 0.2) is 11.5 Å². The van der Waals surface area contributed by atoms with Gasteiger partial charge in [0.05, 0.1) is 38.5 Å². The predicted molar refractivity (Wildman–Crippen MR) is 130 cm³/mol. The van der Waals surface area contributed by atoms with Gasteiger partial charge in [0.2, 0.25) is 0 Å². The Morgan fingerprint density at radius 2 is 1.53 bits per heavy atom. The molecule has 0 amide bonds. The van der Waals surface area contributed by atoms with Crippen molar-refractivity contribution in [3.63, 3.8) is 0 Å². The maximum atomic E-state index is 12.0. The molecule has 2 unspecified atom stereocenters. The van der Waals surface area contributed by atoms with E-state index in [2.05, 4.69) is 7.05 Å². The summed E-state index contributed by atoms with van der Waals surface area (Å²) in [4.78, 5) is 46.3. The topological polar surface area (TPSA) is 116 Å². The third-order valence-corrected chi connectivity index (χ3v) is 7.55. The van der Waals surface area contributed by atoms with E-state index in [-0.39, 0.29) is 55.2 Å². The van der Waals surface area contributed by atoms with Gasteiger partial charge >= 0.3 is 23.9 Å². The van der Waals surface area contributed by atoms with Gasteiger partial charge in [-0.25, -0.2) is 0 Å². The molecule has 198 valence electrons. The van der Waals surface area contributed by atoms with E-state index in [1.807, 2.05) is 6.07 Å². The van der Waals surface area contributed by atoms with Gasteiger partial charge in [-0.2, -0.15) is 0 Å². The Bertz CT molecular complexity index is 961. The van der Waals surface area contributed by atoms with Gasteiger partial charge in [0, 0.05) is 44.9 Å². The van der Waals surface area contributed by atoms with Crippen molar-refractivity contribution in [2.24, 2.45) is 0 Å². The zero-order valence-electron chi connectivity index (χ0n) is 21.5. The summed E-state index contributed by atoms with van der Waals surface area (Å²) in [5.74, 6) is -1.67. The fourth-order valence-corrected chi connectivity index (χ4v) is 5.49. The minimum Gasteiger partial charge on any atom is -0.481 e.